The summed E-state index contributed by atoms with van der Waals surface area (Å²) < 4.78 is 6.06. The molecule has 21 heavy (non-hydrogen) atoms. The van der Waals surface area contributed by atoms with Crippen LogP contribution in [0.5, 0.6) is 0 Å². The summed E-state index contributed by atoms with van der Waals surface area (Å²) in [5.41, 5.74) is 0.831. The largest absolute Gasteiger partial charge is 0.480 e. The Morgan fingerprint density at radius 2 is 2.24 bits per heavy atom. The molecule has 0 fully saturated rings. The number of carboxylic acid groups (broad SMARTS) is 1. The van der Waals surface area contributed by atoms with E-state index in [1.54, 1.807) is 0 Å². The van der Waals surface area contributed by atoms with Crippen molar-refractivity contribution >= 4 is 21.9 Å². The summed E-state index contributed by atoms with van der Waals surface area (Å²) in [7, 11) is 0. The summed E-state index contributed by atoms with van der Waals surface area (Å²) in [6.45, 7) is 3.90. The van der Waals surface area contributed by atoms with Crippen LogP contribution in [0.3, 0.4) is 0 Å². The van der Waals surface area contributed by atoms with Gasteiger partial charge in [-0.05, 0) is 18.1 Å². The van der Waals surface area contributed by atoms with Crippen LogP contribution in [0, 0.1) is 5.92 Å². The van der Waals surface area contributed by atoms with Gasteiger partial charge in [-0.1, -0.05) is 47.1 Å². The topological polar surface area (TPSA) is 88.3 Å². The van der Waals surface area contributed by atoms with E-state index in [4.69, 9.17) is 9.63 Å². The van der Waals surface area contributed by atoms with Gasteiger partial charge in [0.1, 0.15) is 6.04 Å². The van der Waals surface area contributed by atoms with Crippen LogP contribution in [0.15, 0.2) is 33.3 Å². The lowest BCUT2D eigenvalue weighted by molar-refractivity contribution is -0.140. The fourth-order valence-corrected chi connectivity index (χ4v) is 2.28. The second-order valence-corrected chi connectivity index (χ2v) is 5.88. The maximum atomic E-state index is 11.1. The Bertz CT molecular complexity index is 627. The van der Waals surface area contributed by atoms with E-state index in [0.29, 0.717) is 11.7 Å². The first-order valence-corrected chi connectivity index (χ1v) is 7.31. The van der Waals surface area contributed by atoms with Gasteiger partial charge in [-0.25, -0.2) is 0 Å². The summed E-state index contributed by atoms with van der Waals surface area (Å²) >= 11 is 3.38. The molecule has 2 aromatic rings. The quantitative estimate of drug-likeness (QED) is 0.829. The van der Waals surface area contributed by atoms with Crippen molar-refractivity contribution in [3.05, 3.63) is 34.6 Å². The molecule has 7 heteroatoms. The van der Waals surface area contributed by atoms with E-state index in [9.17, 15) is 4.79 Å². The summed E-state index contributed by atoms with van der Waals surface area (Å²) in [6.07, 6.45) is 0. The Morgan fingerprint density at radius 3 is 2.86 bits per heavy atom. The van der Waals surface area contributed by atoms with Gasteiger partial charge in [0.2, 0.25) is 11.7 Å². The average molecular weight is 354 g/mol. The Hall–Kier alpha value is -1.73. The van der Waals surface area contributed by atoms with Gasteiger partial charge in [0, 0.05) is 10.0 Å². The standard InChI is InChI=1S/C14H16BrN3O3/c1-8(2)12(14(19)20)16-7-11-17-13(18-21-11)9-4-3-5-10(15)6-9/h3-6,8,12,16H,7H2,1-2H3,(H,19,20). The maximum absolute atomic E-state index is 11.1. The smallest absolute Gasteiger partial charge is 0.320 e. The number of benzene rings is 1. The van der Waals surface area contributed by atoms with Crippen molar-refractivity contribution in [2.45, 2.75) is 26.4 Å². The maximum Gasteiger partial charge on any atom is 0.320 e. The van der Waals surface area contributed by atoms with Crippen LogP contribution in [-0.4, -0.2) is 27.3 Å². The van der Waals surface area contributed by atoms with Crippen molar-refractivity contribution in [2.75, 3.05) is 0 Å². The molecule has 1 heterocycles. The lowest BCUT2D eigenvalue weighted by atomic mass is 10.1. The van der Waals surface area contributed by atoms with Crippen molar-refractivity contribution in [1.29, 1.82) is 0 Å². The monoisotopic (exact) mass is 353 g/mol. The molecule has 0 bridgehead atoms. The Morgan fingerprint density at radius 1 is 1.48 bits per heavy atom. The molecule has 2 N–H and O–H groups in total. The number of aromatic nitrogens is 2. The number of rotatable bonds is 6. The first kappa shape index (κ1) is 15.7. The molecule has 0 aliphatic carbocycles. The molecule has 0 saturated heterocycles. The fourth-order valence-electron chi connectivity index (χ4n) is 1.88. The molecular weight excluding hydrogens is 338 g/mol. The number of hydrogen-bond donors (Lipinski definition) is 2. The van der Waals surface area contributed by atoms with Crippen LogP contribution in [0.2, 0.25) is 0 Å². The normalized spacial score (nSPS) is 12.6. The summed E-state index contributed by atoms with van der Waals surface area (Å²) in [5.74, 6) is -0.0897. The van der Waals surface area contributed by atoms with Crippen LogP contribution in [0.4, 0.5) is 0 Å². The van der Waals surface area contributed by atoms with Crippen molar-refractivity contribution < 1.29 is 14.4 Å². The third-order valence-corrected chi connectivity index (χ3v) is 3.45. The molecule has 0 spiro atoms. The number of nitrogens with zero attached hydrogens (tertiary/aromatic N) is 2. The van der Waals surface area contributed by atoms with Gasteiger partial charge in [-0.2, -0.15) is 4.98 Å². The molecular formula is C14H16BrN3O3. The molecule has 0 saturated carbocycles. The highest BCUT2D eigenvalue weighted by molar-refractivity contribution is 9.10. The molecule has 6 nitrogen and oxygen atoms in total. The number of aliphatic carboxylic acids is 1. The average Bonchev–Trinajstić information content (AvgIpc) is 2.87. The van der Waals surface area contributed by atoms with Crippen LogP contribution in [0.1, 0.15) is 19.7 Å². The molecule has 112 valence electrons. The molecule has 0 aliphatic rings. The van der Waals surface area contributed by atoms with Crippen molar-refractivity contribution in [1.82, 2.24) is 15.5 Å². The van der Waals surface area contributed by atoms with Gasteiger partial charge < -0.3 is 9.63 Å². The third kappa shape index (κ3) is 4.12. The SMILES string of the molecule is CC(C)C(NCc1nc(-c2cccc(Br)c2)no1)C(=O)O. The molecule has 0 amide bonds. The van der Waals surface area contributed by atoms with Crippen molar-refractivity contribution in [2.24, 2.45) is 5.92 Å². The summed E-state index contributed by atoms with van der Waals surface area (Å²) in [4.78, 5) is 15.4. The predicted octanol–water partition coefficient (Wildman–Crippen LogP) is 2.70. The summed E-state index contributed by atoms with van der Waals surface area (Å²) in [6, 6.07) is 6.90. The zero-order valence-electron chi connectivity index (χ0n) is 11.7. The van der Waals surface area contributed by atoms with E-state index in [1.165, 1.54) is 0 Å². The van der Waals surface area contributed by atoms with Gasteiger partial charge in [0.05, 0.1) is 6.54 Å². The van der Waals surface area contributed by atoms with E-state index < -0.39 is 12.0 Å². The minimum Gasteiger partial charge on any atom is -0.480 e. The highest BCUT2D eigenvalue weighted by atomic mass is 79.9. The van der Waals surface area contributed by atoms with E-state index in [0.717, 1.165) is 10.0 Å². The lowest BCUT2D eigenvalue weighted by Crippen LogP contribution is -2.40. The minimum absolute atomic E-state index is 0.0324. The Balaban J connectivity index is 2.05. The number of carbonyl (C=O) groups is 1. The van der Waals surface area contributed by atoms with Crippen LogP contribution >= 0.6 is 15.9 Å². The van der Waals surface area contributed by atoms with E-state index in [-0.39, 0.29) is 12.5 Å². The van der Waals surface area contributed by atoms with Crippen LogP contribution < -0.4 is 5.32 Å². The number of halogens is 1. The fraction of sp³-hybridized carbons (Fsp3) is 0.357. The van der Waals surface area contributed by atoms with Gasteiger partial charge in [0.25, 0.3) is 0 Å². The first-order chi connectivity index (χ1) is 9.97. The molecule has 2 rings (SSSR count). The zero-order valence-corrected chi connectivity index (χ0v) is 13.3. The molecule has 0 aliphatic heterocycles. The number of nitrogens with one attached hydrogen (secondary N) is 1. The van der Waals surface area contributed by atoms with Gasteiger partial charge >= 0.3 is 5.97 Å². The van der Waals surface area contributed by atoms with E-state index >= 15 is 0 Å². The molecule has 1 aromatic heterocycles. The number of hydrogen-bond acceptors (Lipinski definition) is 5. The molecule has 1 atom stereocenters. The molecule has 1 aromatic carbocycles. The van der Waals surface area contributed by atoms with E-state index in [2.05, 4.69) is 31.4 Å². The second-order valence-electron chi connectivity index (χ2n) is 4.96. The predicted molar refractivity (Wildman–Crippen MR) is 80.5 cm³/mol. The Labute approximate surface area is 130 Å². The van der Waals surface area contributed by atoms with Gasteiger partial charge in [0.15, 0.2) is 0 Å². The minimum atomic E-state index is -0.892. The molecule has 1 unspecified atom stereocenters. The van der Waals surface area contributed by atoms with Crippen molar-refractivity contribution in [3.63, 3.8) is 0 Å². The van der Waals surface area contributed by atoms with Gasteiger partial charge in [-0.3, -0.25) is 10.1 Å². The second kappa shape index (κ2) is 6.82. The zero-order chi connectivity index (χ0) is 15.4. The lowest BCUT2D eigenvalue weighted by Gasteiger charge is -2.16. The Kier molecular flexibility index (Phi) is 5.08. The summed E-state index contributed by atoms with van der Waals surface area (Å²) in [5, 5.41) is 15.9. The van der Waals surface area contributed by atoms with Crippen molar-refractivity contribution in [3.8, 4) is 11.4 Å². The highest BCUT2D eigenvalue weighted by Crippen LogP contribution is 2.20. The van der Waals surface area contributed by atoms with E-state index in [1.807, 2.05) is 38.1 Å². The van der Waals surface area contributed by atoms with Gasteiger partial charge in [-0.15, -0.1) is 0 Å². The molecule has 0 radical (unpaired) electrons. The first-order valence-electron chi connectivity index (χ1n) is 6.52. The highest BCUT2D eigenvalue weighted by Gasteiger charge is 2.21. The third-order valence-electron chi connectivity index (χ3n) is 2.96. The van der Waals surface area contributed by atoms with Crippen LogP contribution in [0.25, 0.3) is 11.4 Å². The number of carboxylic acids is 1. The van der Waals surface area contributed by atoms with Crippen LogP contribution in [-0.2, 0) is 11.3 Å².